The van der Waals surface area contributed by atoms with Crippen molar-refractivity contribution in [1.29, 1.82) is 0 Å². The van der Waals surface area contributed by atoms with Gasteiger partial charge in [0.15, 0.2) is 0 Å². The maximum atomic E-state index is 10.5. The van der Waals surface area contributed by atoms with Gasteiger partial charge in [0.05, 0.1) is 5.75 Å². The van der Waals surface area contributed by atoms with Crippen LogP contribution in [0.2, 0.25) is 0 Å². The Kier molecular flexibility index (Phi) is 7.55. The summed E-state index contributed by atoms with van der Waals surface area (Å²) in [7, 11) is -3.71. The topological polar surface area (TPSA) is 86.5 Å². The SMILES string of the molecule is CC(=O)OS(=O)(=O)CCN.[H-].[Na+]. The predicted molar refractivity (Wildman–Crippen MR) is 35.7 cm³/mol. The molecule has 0 aromatic heterocycles. The Morgan fingerprint density at radius 3 is 2.36 bits per heavy atom. The van der Waals surface area contributed by atoms with Crippen LogP contribution in [0.4, 0.5) is 0 Å². The first-order chi connectivity index (χ1) is 4.48. The van der Waals surface area contributed by atoms with Crippen LogP contribution in [0.5, 0.6) is 0 Å². The van der Waals surface area contributed by atoms with Crippen LogP contribution in [-0.2, 0) is 19.1 Å². The molecule has 0 atom stereocenters. The molecule has 0 saturated carbocycles. The van der Waals surface area contributed by atoms with Crippen molar-refractivity contribution in [3.05, 3.63) is 0 Å². The average Bonchev–Trinajstić information content (AvgIpc) is 1.59. The quantitative estimate of drug-likeness (QED) is 0.362. The number of hydrogen-bond acceptors (Lipinski definition) is 5. The summed E-state index contributed by atoms with van der Waals surface area (Å²) in [5, 5.41) is 0. The predicted octanol–water partition coefficient (Wildman–Crippen LogP) is -4.05. The van der Waals surface area contributed by atoms with E-state index in [0.29, 0.717) is 0 Å². The van der Waals surface area contributed by atoms with Gasteiger partial charge < -0.3 is 11.3 Å². The summed E-state index contributed by atoms with van der Waals surface area (Å²) < 4.78 is 25.0. The minimum Gasteiger partial charge on any atom is -1.00 e. The molecule has 0 fully saturated rings. The summed E-state index contributed by atoms with van der Waals surface area (Å²) in [6.45, 7) is 0.976. The zero-order chi connectivity index (χ0) is 8.20. The molecule has 0 saturated heterocycles. The van der Waals surface area contributed by atoms with E-state index in [2.05, 4.69) is 4.18 Å². The third kappa shape index (κ3) is 8.28. The van der Waals surface area contributed by atoms with Gasteiger partial charge in [-0.05, 0) is 0 Å². The third-order valence-electron chi connectivity index (χ3n) is 0.612. The van der Waals surface area contributed by atoms with E-state index in [1.807, 2.05) is 0 Å². The van der Waals surface area contributed by atoms with E-state index in [9.17, 15) is 13.2 Å². The Hall–Kier alpha value is 0.380. The van der Waals surface area contributed by atoms with Crippen molar-refractivity contribution in [2.45, 2.75) is 6.92 Å². The molecule has 0 heterocycles. The minimum absolute atomic E-state index is 0. The van der Waals surface area contributed by atoms with Crippen molar-refractivity contribution in [1.82, 2.24) is 0 Å². The van der Waals surface area contributed by atoms with Crippen LogP contribution in [0.25, 0.3) is 0 Å². The molecule has 0 amide bonds. The van der Waals surface area contributed by atoms with Gasteiger partial charge in [-0.1, -0.05) is 0 Å². The van der Waals surface area contributed by atoms with Crippen molar-refractivity contribution < 1.29 is 48.4 Å². The molecule has 0 bridgehead atoms. The van der Waals surface area contributed by atoms with Crippen molar-refractivity contribution in [3.8, 4) is 0 Å². The molecule has 2 N–H and O–H groups in total. The van der Waals surface area contributed by atoms with Crippen LogP contribution < -0.4 is 35.3 Å². The standard InChI is InChI=1S/C4H9NO4S.Na.H/c1-4(6)9-10(7,8)3-2-5;;/h2-3,5H2,1H3;;/q;+1;-1. The second kappa shape index (κ2) is 5.96. The number of carbonyl (C=O) groups excluding carboxylic acids is 1. The molecule has 62 valence electrons. The van der Waals surface area contributed by atoms with Gasteiger partial charge in [-0.3, -0.25) is 4.79 Å². The number of nitrogens with two attached hydrogens (primary N) is 1. The van der Waals surface area contributed by atoms with Gasteiger partial charge in [0, 0.05) is 13.5 Å². The average molecular weight is 191 g/mol. The van der Waals surface area contributed by atoms with Crippen molar-refractivity contribution in [2.75, 3.05) is 12.3 Å². The first kappa shape index (κ1) is 13.9. The minimum atomic E-state index is -3.71. The Labute approximate surface area is 89.2 Å². The van der Waals surface area contributed by atoms with Crippen molar-refractivity contribution in [2.24, 2.45) is 5.73 Å². The largest absolute Gasteiger partial charge is 1.00 e. The van der Waals surface area contributed by atoms with Crippen LogP contribution in [0.3, 0.4) is 0 Å². The maximum absolute atomic E-state index is 10.5. The van der Waals surface area contributed by atoms with Gasteiger partial charge in [0.1, 0.15) is 0 Å². The summed E-state index contributed by atoms with van der Waals surface area (Å²) in [5.74, 6) is -1.17. The van der Waals surface area contributed by atoms with E-state index >= 15 is 0 Å². The molecule has 11 heavy (non-hydrogen) atoms. The summed E-state index contributed by atoms with van der Waals surface area (Å²) >= 11 is 0. The third-order valence-corrected chi connectivity index (χ3v) is 1.84. The summed E-state index contributed by atoms with van der Waals surface area (Å²) in [5.41, 5.74) is 4.92. The molecule has 0 spiro atoms. The Morgan fingerprint density at radius 2 is 2.09 bits per heavy atom. The van der Waals surface area contributed by atoms with Crippen molar-refractivity contribution >= 4 is 16.1 Å². The summed E-state index contributed by atoms with van der Waals surface area (Å²) in [6.07, 6.45) is 0. The summed E-state index contributed by atoms with van der Waals surface area (Å²) in [6, 6.07) is 0. The van der Waals surface area contributed by atoms with Gasteiger partial charge >= 0.3 is 45.6 Å². The zero-order valence-electron chi connectivity index (χ0n) is 7.53. The molecule has 5 nitrogen and oxygen atoms in total. The Bertz CT molecular complexity index is 217. The second-order valence-corrected chi connectivity index (χ2v) is 3.32. The van der Waals surface area contributed by atoms with Gasteiger partial charge in [0.25, 0.3) is 0 Å². The van der Waals surface area contributed by atoms with Crippen LogP contribution in [0, 0.1) is 0 Å². The number of carbonyl (C=O) groups is 1. The monoisotopic (exact) mass is 191 g/mol. The molecule has 0 unspecified atom stereocenters. The van der Waals surface area contributed by atoms with Gasteiger partial charge in [-0.25, -0.2) is 0 Å². The first-order valence-corrected chi connectivity index (χ1v) is 4.18. The fourth-order valence-electron chi connectivity index (χ4n) is 0.365. The fraction of sp³-hybridized carbons (Fsp3) is 0.750. The second-order valence-electron chi connectivity index (χ2n) is 1.63. The van der Waals surface area contributed by atoms with E-state index in [0.717, 1.165) is 6.92 Å². The smallest absolute Gasteiger partial charge is 1.00 e. The molecular formula is C4H10NNaO4S. The van der Waals surface area contributed by atoms with E-state index < -0.39 is 16.1 Å². The molecule has 0 radical (unpaired) electrons. The Balaban J connectivity index is -0.000000405. The van der Waals surface area contributed by atoms with Gasteiger partial charge in [-0.15, -0.1) is 0 Å². The molecule has 7 heteroatoms. The van der Waals surface area contributed by atoms with Crippen LogP contribution in [-0.4, -0.2) is 26.7 Å². The molecule has 0 aliphatic rings. The fourth-order valence-corrected chi connectivity index (χ4v) is 1.09. The van der Waals surface area contributed by atoms with Gasteiger partial charge in [0.2, 0.25) is 0 Å². The van der Waals surface area contributed by atoms with E-state index in [-0.39, 0.29) is 43.3 Å². The molecule has 0 aromatic carbocycles. The molecule has 0 aromatic rings. The van der Waals surface area contributed by atoms with Crippen molar-refractivity contribution in [3.63, 3.8) is 0 Å². The summed E-state index contributed by atoms with van der Waals surface area (Å²) in [4.78, 5) is 10.1. The first-order valence-electron chi connectivity index (χ1n) is 2.61. The molecule has 0 rings (SSSR count). The zero-order valence-corrected chi connectivity index (χ0v) is 9.35. The number of hydrogen-bond donors (Lipinski definition) is 1. The normalized spacial score (nSPS) is 10.0. The van der Waals surface area contributed by atoms with Crippen LogP contribution in [0.1, 0.15) is 8.35 Å². The van der Waals surface area contributed by atoms with Gasteiger partial charge in [-0.2, -0.15) is 8.42 Å². The van der Waals surface area contributed by atoms with E-state index in [4.69, 9.17) is 5.73 Å². The number of rotatable bonds is 3. The van der Waals surface area contributed by atoms with E-state index in [1.165, 1.54) is 0 Å². The molecule has 0 aliphatic carbocycles. The van der Waals surface area contributed by atoms with Crippen LogP contribution >= 0.6 is 0 Å². The maximum Gasteiger partial charge on any atom is 1.00 e. The molecule has 0 aliphatic heterocycles. The van der Waals surface area contributed by atoms with E-state index in [1.54, 1.807) is 0 Å². The van der Waals surface area contributed by atoms with Crippen LogP contribution in [0.15, 0.2) is 0 Å². The Morgan fingerprint density at radius 1 is 1.64 bits per heavy atom. The molecular weight excluding hydrogens is 181 g/mol.